The molecular formula is C16H20S. The molecule has 1 rings (SSSR count). The van der Waals surface area contributed by atoms with E-state index in [1.165, 1.54) is 16.7 Å². The van der Waals surface area contributed by atoms with Crippen LogP contribution < -0.4 is 0 Å². The van der Waals surface area contributed by atoms with E-state index in [0.717, 1.165) is 11.5 Å². The van der Waals surface area contributed by atoms with Crippen molar-refractivity contribution in [1.82, 2.24) is 0 Å². The van der Waals surface area contributed by atoms with Gasteiger partial charge in [-0.3, -0.25) is 0 Å². The molecule has 0 saturated heterocycles. The molecule has 0 heterocycles. The predicted molar refractivity (Wildman–Crippen MR) is 81.4 cm³/mol. The summed E-state index contributed by atoms with van der Waals surface area (Å²) in [4.78, 5) is 0. The maximum Gasteiger partial charge on any atom is 0.0140 e. The fraction of sp³-hybridized carbons (Fsp3) is 0.250. The van der Waals surface area contributed by atoms with Crippen LogP contribution in [0, 0.1) is 0 Å². The second-order valence-corrected chi connectivity index (χ2v) is 5.20. The Balaban J connectivity index is 2.38. The third-order valence-electron chi connectivity index (χ3n) is 2.14. The molecular weight excluding hydrogens is 224 g/mol. The minimum absolute atomic E-state index is 1.05. The highest BCUT2D eigenvalue weighted by atomic mass is 32.2. The van der Waals surface area contributed by atoms with Gasteiger partial charge >= 0.3 is 0 Å². The van der Waals surface area contributed by atoms with Gasteiger partial charge in [-0.25, -0.2) is 0 Å². The average molecular weight is 244 g/mol. The molecule has 0 unspecified atom stereocenters. The van der Waals surface area contributed by atoms with Crippen molar-refractivity contribution in [3.05, 3.63) is 65.8 Å². The van der Waals surface area contributed by atoms with Gasteiger partial charge in [0.1, 0.15) is 0 Å². The van der Waals surface area contributed by atoms with Crippen LogP contribution in [0.2, 0.25) is 0 Å². The fourth-order valence-electron chi connectivity index (χ4n) is 1.40. The summed E-state index contributed by atoms with van der Waals surface area (Å²) >= 11 is 1.90. The molecule has 90 valence electrons. The molecule has 0 aliphatic carbocycles. The minimum Gasteiger partial charge on any atom is -0.153 e. The molecule has 0 aliphatic rings. The van der Waals surface area contributed by atoms with E-state index in [2.05, 4.69) is 62.9 Å². The van der Waals surface area contributed by atoms with Crippen LogP contribution in [-0.2, 0) is 0 Å². The SMILES string of the molecule is C=C(C)CSC/C=C/C(C)=C/c1ccccc1. The third-order valence-corrected chi connectivity index (χ3v) is 3.26. The zero-order valence-electron chi connectivity index (χ0n) is 10.6. The van der Waals surface area contributed by atoms with Gasteiger partial charge in [0.25, 0.3) is 0 Å². The predicted octanol–water partition coefficient (Wildman–Crippen LogP) is 4.96. The molecule has 0 fully saturated rings. The van der Waals surface area contributed by atoms with Crippen LogP contribution in [-0.4, -0.2) is 11.5 Å². The zero-order chi connectivity index (χ0) is 12.5. The zero-order valence-corrected chi connectivity index (χ0v) is 11.5. The van der Waals surface area contributed by atoms with E-state index in [4.69, 9.17) is 0 Å². The van der Waals surface area contributed by atoms with E-state index < -0.39 is 0 Å². The topological polar surface area (TPSA) is 0 Å². The molecule has 0 bridgehead atoms. The van der Waals surface area contributed by atoms with E-state index in [9.17, 15) is 0 Å². The molecule has 1 aromatic rings. The van der Waals surface area contributed by atoms with Crippen LogP contribution in [0.4, 0.5) is 0 Å². The highest BCUT2D eigenvalue weighted by Crippen LogP contribution is 2.09. The summed E-state index contributed by atoms with van der Waals surface area (Å²) in [5.74, 6) is 2.10. The van der Waals surface area contributed by atoms with Gasteiger partial charge in [0.2, 0.25) is 0 Å². The van der Waals surface area contributed by atoms with Gasteiger partial charge in [0.15, 0.2) is 0 Å². The summed E-state index contributed by atoms with van der Waals surface area (Å²) in [6, 6.07) is 10.4. The van der Waals surface area contributed by atoms with Crippen molar-refractivity contribution >= 4 is 17.8 Å². The van der Waals surface area contributed by atoms with Crippen molar-refractivity contribution in [3.63, 3.8) is 0 Å². The molecule has 0 N–H and O–H groups in total. The van der Waals surface area contributed by atoms with Crippen molar-refractivity contribution in [2.75, 3.05) is 11.5 Å². The number of allylic oxidation sites excluding steroid dienone is 2. The van der Waals surface area contributed by atoms with Gasteiger partial charge in [0, 0.05) is 11.5 Å². The molecule has 0 saturated carbocycles. The first-order valence-electron chi connectivity index (χ1n) is 5.80. The summed E-state index contributed by atoms with van der Waals surface area (Å²) in [6.45, 7) is 8.09. The summed E-state index contributed by atoms with van der Waals surface area (Å²) in [5.41, 5.74) is 3.77. The van der Waals surface area contributed by atoms with E-state index in [1.807, 2.05) is 17.8 Å². The first-order valence-corrected chi connectivity index (χ1v) is 6.96. The normalized spacial score (nSPS) is 12.0. The number of benzene rings is 1. The number of rotatable bonds is 6. The van der Waals surface area contributed by atoms with Crippen molar-refractivity contribution in [1.29, 1.82) is 0 Å². The molecule has 17 heavy (non-hydrogen) atoms. The molecule has 0 aromatic heterocycles. The van der Waals surface area contributed by atoms with Gasteiger partial charge in [-0.2, -0.15) is 11.8 Å². The van der Waals surface area contributed by atoms with Gasteiger partial charge < -0.3 is 0 Å². The van der Waals surface area contributed by atoms with E-state index in [-0.39, 0.29) is 0 Å². The van der Waals surface area contributed by atoms with Crippen molar-refractivity contribution < 1.29 is 0 Å². The first kappa shape index (κ1) is 13.9. The Hall–Kier alpha value is -1.21. The average Bonchev–Trinajstić information content (AvgIpc) is 2.29. The highest BCUT2D eigenvalue weighted by molar-refractivity contribution is 7.99. The fourth-order valence-corrected chi connectivity index (χ4v) is 2.09. The van der Waals surface area contributed by atoms with Crippen molar-refractivity contribution in [2.45, 2.75) is 13.8 Å². The molecule has 1 heteroatoms. The van der Waals surface area contributed by atoms with E-state index in [1.54, 1.807) is 0 Å². The summed E-state index contributed by atoms with van der Waals surface area (Å²) in [6.07, 6.45) is 6.58. The number of hydrogen-bond acceptors (Lipinski definition) is 1. The Kier molecular flexibility index (Phi) is 6.49. The second kappa shape index (κ2) is 7.97. The lowest BCUT2D eigenvalue weighted by Crippen LogP contribution is -1.80. The molecule has 0 amide bonds. The highest BCUT2D eigenvalue weighted by Gasteiger charge is 1.88. The number of thioether (sulfide) groups is 1. The monoisotopic (exact) mass is 244 g/mol. The van der Waals surface area contributed by atoms with E-state index in [0.29, 0.717) is 0 Å². The Morgan fingerprint density at radius 2 is 1.94 bits per heavy atom. The standard InChI is InChI=1S/C16H20S/c1-14(2)13-17-11-7-8-15(3)12-16-9-5-4-6-10-16/h4-10,12H,1,11,13H2,2-3H3/b8-7+,15-12+. The molecule has 0 atom stereocenters. The van der Waals surface area contributed by atoms with Crippen LogP contribution in [0.25, 0.3) is 6.08 Å². The van der Waals surface area contributed by atoms with E-state index >= 15 is 0 Å². The Bertz CT molecular complexity index is 399. The molecule has 0 radical (unpaired) electrons. The molecule has 1 aromatic carbocycles. The largest absolute Gasteiger partial charge is 0.153 e. The first-order chi connectivity index (χ1) is 8.18. The van der Waals surface area contributed by atoms with Crippen LogP contribution >= 0.6 is 11.8 Å². The summed E-state index contributed by atoms with van der Waals surface area (Å²) in [5, 5.41) is 0. The van der Waals surface area contributed by atoms with Crippen LogP contribution in [0.1, 0.15) is 19.4 Å². The number of hydrogen-bond donors (Lipinski definition) is 0. The quantitative estimate of drug-likeness (QED) is 0.387. The van der Waals surface area contributed by atoms with Crippen LogP contribution in [0.15, 0.2) is 60.2 Å². The lowest BCUT2D eigenvalue weighted by Gasteiger charge is -1.97. The van der Waals surface area contributed by atoms with Crippen molar-refractivity contribution in [2.24, 2.45) is 0 Å². The maximum absolute atomic E-state index is 3.89. The smallest absolute Gasteiger partial charge is 0.0140 e. The van der Waals surface area contributed by atoms with Gasteiger partial charge in [-0.05, 0) is 19.4 Å². The third kappa shape index (κ3) is 6.85. The summed E-state index contributed by atoms with van der Waals surface area (Å²) < 4.78 is 0. The Morgan fingerprint density at radius 3 is 2.59 bits per heavy atom. The van der Waals surface area contributed by atoms with Gasteiger partial charge in [-0.15, -0.1) is 0 Å². The lowest BCUT2D eigenvalue weighted by atomic mass is 10.1. The molecule has 0 aliphatic heterocycles. The second-order valence-electron chi connectivity index (χ2n) is 4.17. The Morgan fingerprint density at radius 1 is 1.24 bits per heavy atom. The molecule has 0 nitrogen and oxygen atoms in total. The van der Waals surface area contributed by atoms with Crippen LogP contribution in [0.3, 0.4) is 0 Å². The maximum atomic E-state index is 3.89. The Labute approximate surface area is 109 Å². The minimum atomic E-state index is 1.05. The van der Waals surface area contributed by atoms with Crippen LogP contribution in [0.5, 0.6) is 0 Å². The van der Waals surface area contributed by atoms with Crippen molar-refractivity contribution in [3.8, 4) is 0 Å². The van der Waals surface area contributed by atoms with Gasteiger partial charge in [-0.1, -0.05) is 66.3 Å². The molecule has 0 spiro atoms. The summed E-state index contributed by atoms with van der Waals surface area (Å²) in [7, 11) is 0. The lowest BCUT2D eigenvalue weighted by molar-refractivity contribution is 1.43. The van der Waals surface area contributed by atoms with Gasteiger partial charge in [0.05, 0.1) is 0 Å².